The fraction of sp³-hybridized carbons (Fsp3) is 0.529. The molecule has 4 nitrogen and oxygen atoms in total. The lowest BCUT2D eigenvalue weighted by Gasteiger charge is -2.30. The maximum Gasteiger partial charge on any atom is 0.410 e. The van der Waals surface area contributed by atoms with Gasteiger partial charge in [0.25, 0.3) is 0 Å². The molecule has 0 fully saturated rings. The van der Waals surface area contributed by atoms with Crippen LogP contribution in [0.5, 0.6) is 0 Å². The minimum atomic E-state index is -0.558. The highest BCUT2D eigenvalue weighted by atomic mass is 16.6. The smallest absolute Gasteiger partial charge is 0.410 e. The van der Waals surface area contributed by atoms with E-state index in [4.69, 9.17) is 4.74 Å². The number of ether oxygens (including phenoxy) is 1. The van der Waals surface area contributed by atoms with Gasteiger partial charge in [-0.05, 0) is 50.7 Å². The number of carbonyl (C=O) groups is 2. The number of amides is 1. The summed E-state index contributed by atoms with van der Waals surface area (Å²) < 4.78 is 5.35. The topological polar surface area (TPSA) is 46.6 Å². The molecule has 1 aliphatic carbocycles. The fourth-order valence-corrected chi connectivity index (χ4v) is 2.81. The molecule has 1 amide bonds. The van der Waals surface area contributed by atoms with E-state index in [1.54, 1.807) is 7.05 Å². The first-order valence-electron chi connectivity index (χ1n) is 7.29. The first kappa shape index (κ1) is 15.5. The molecule has 0 bridgehead atoms. The summed E-state index contributed by atoms with van der Waals surface area (Å²) in [5.41, 5.74) is 1.98. The van der Waals surface area contributed by atoms with Crippen LogP contribution in [0.2, 0.25) is 0 Å². The zero-order chi connectivity index (χ0) is 15.6. The number of fused-ring (bicyclic) bond motifs is 1. The summed E-state index contributed by atoms with van der Waals surface area (Å²) in [5.74, 6) is 0.123. The summed E-state index contributed by atoms with van der Waals surface area (Å²) >= 11 is 0. The molecule has 2 rings (SSSR count). The van der Waals surface area contributed by atoms with Gasteiger partial charge in [0.2, 0.25) is 0 Å². The van der Waals surface area contributed by atoms with Gasteiger partial charge in [0.15, 0.2) is 0 Å². The van der Waals surface area contributed by atoms with E-state index in [2.05, 4.69) is 12.1 Å². The third kappa shape index (κ3) is 3.63. The molecule has 114 valence electrons. The van der Waals surface area contributed by atoms with Crippen LogP contribution >= 0.6 is 0 Å². The molecule has 1 aromatic rings. The highest BCUT2D eigenvalue weighted by molar-refractivity contribution is 5.74. The summed E-state index contributed by atoms with van der Waals surface area (Å²) in [7, 11) is 1.64. The van der Waals surface area contributed by atoms with E-state index >= 15 is 0 Å². The largest absolute Gasteiger partial charge is 0.444 e. The molecule has 21 heavy (non-hydrogen) atoms. The van der Waals surface area contributed by atoms with Gasteiger partial charge < -0.3 is 14.4 Å². The molecule has 1 atom stereocenters. The molecule has 4 heteroatoms. The fourth-order valence-electron chi connectivity index (χ4n) is 2.81. The average molecular weight is 289 g/mol. The summed E-state index contributed by atoms with van der Waals surface area (Å²) in [4.78, 5) is 25.1. The van der Waals surface area contributed by atoms with Crippen molar-refractivity contribution >= 4 is 12.4 Å². The van der Waals surface area contributed by atoms with Crippen LogP contribution in [0.4, 0.5) is 4.79 Å². The Hall–Kier alpha value is -1.84. The van der Waals surface area contributed by atoms with Crippen molar-refractivity contribution in [2.75, 3.05) is 7.05 Å². The van der Waals surface area contributed by atoms with Crippen molar-refractivity contribution in [2.45, 2.75) is 45.3 Å². The lowest BCUT2D eigenvalue weighted by Crippen LogP contribution is -2.45. The molecule has 0 radical (unpaired) electrons. The van der Waals surface area contributed by atoms with Gasteiger partial charge in [-0.3, -0.25) is 0 Å². The van der Waals surface area contributed by atoms with Gasteiger partial charge in [-0.1, -0.05) is 24.3 Å². The molecule has 0 aromatic heterocycles. The second kappa shape index (κ2) is 5.88. The third-order valence-electron chi connectivity index (χ3n) is 3.83. The van der Waals surface area contributed by atoms with Crippen LogP contribution in [0, 0.1) is 5.92 Å². The molecule has 0 saturated carbocycles. The minimum absolute atomic E-state index is 0.123. The molecule has 1 aliphatic rings. The summed E-state index contributed by atoms with van der Waals surface area (Å²) in [6, 6.07) is 7.74. The lowest BCUT2D eigenvalue weighted by molar-refractivity contribution is -0.113. The molecular weight excluding hydrogens is 266 g/mol. The minimum Gasteiger partial charge on any atom is -0.444 e. The molecule has 0 spiro atoms. The van der Waals surface area contributed by atoms with Crippen LogP contribution in [0.1, 0.15) is 31.9 Å². The van der Waals surface area contributed by atoms with Crippen molar-refractivity contribution in [3.8, 4) is 0 Å². The van der Waals surface area contributed by atoms with Crippen molar-refractivity contribution < 1.29 is 14.3 Å². The number of aldehydes is 1. The van der Waals surface area contributed by atoms with Crippen LogP contribution < -0.4 is 0 Å². The number of likely N-dealkylation sites (N-methyl/N-ethyl adjacent to an activating group) is 1. The quantitative estimate of drug-likeness (QED) is 0.804. The van der Waals surface area contributed by atoms with E-state index in [9.17, 15) is 9.59 Å². The average Bonchev–Trinajstić information content (AvgIpc) is 2.80. The Morgan fingerprint density at radius 1 is 1.29 bits per heavy atom. The Labute approximate surface area is 126 Å². The highest BCUT2D eigenvalue weighted by Gasteiger charge is 2.34. The van der Waals surface area contributed by atoms with Crippen molar-refractivity contribution in [3.63, 3.8) is 0 Å². The Morgan fingerprint density at radius 2 is 1.81 bits per heavy atom. The summed E-state index contributed by atoms with van der Waals surface area (Å²) in [6.45, 7) is 5.46. The molecule has 0 aliphatic heterocycles. The van der Waals surface area contributed by atoms with E-state index in [1.165, 1.54) is 16.0 Å². The van der Waals surface area contributed by atoms with Gasteiger partial charge in [-0.25, -0.2) is 4.79 Å². The molecule has 0 saturated heterocycles. The van der Waals surface area contributed by atoms with Gasteiger partial charge in [-0.2, -0.15) is 0 Å². The van der Waals surface area contributed by atoms with E-state index in [-0.39, 0.29) is 5.92 Å². The number of nitrogens with zero attached hydrogens (tertiary/aromatic N) is 1. The zero-order valence-corrected chi connectivity index (χ0v) is 13.1. The maximum absolute atomic E-state index is 12.1. The summed E-state index contributed by atoms with van der Waals surface area (Å²) in [5, 5.41) is 0. The van der Waals surface area contributed by atoms with Crippen LogP contribution in [-0.4, -0.2) is 36.0 Å². The standard InChI is InChI=1S/C17H23NO3/c1-17(2,3)21-16(20)18(4)15(11-19)14-9-12-7-5-6-8-13(12)10-14/h5-8,11,14-15H,9-10H2,1-4H3. The first-order valence-corrected chi connectivity index (χ1v) is 7.29. The van der Waals surface area contributed by atoms with Crippen molar-refractivity contribution in [1.82, 2.24) is 4.90 Å². The van der Waals surface area contributed by atoms with Gasteiger partial charge in [0, 0.05) is 7.05 Å². The third-order valence-corrected chi connectivity index (χ3v) is 3.83. The second-order valence-corrected chi connectivity index (χ2v) is 6.65. The van der Waals surface area contributed by atoms with Crippen molar-refractivity contribution in [3.05, 3.63) is 35.4 Å². The zero-order valence-electron chi connectivity index (χ0n) is 13.1. The Morgan fingerprint density at radius 3 is 2.24 bits per heavy atom. The second-order valence-electron chi connectivity index (χ2n) is 6.65. The SMILES string of the molecule is CN(C(=O)OC(C)(C)C)C(C=O)C1Cc2ccccc2C1. The van der Waals surface area contributed by atoms with E-state index < -0.39 is 17.7 Å². The predicted molar refractivity (Wildman–Crippen MR) is 81.2 cm³/mol. The van der Waals surface area contributed by atoms with E-state index in [1.807, 2.05) is 32.9 Å². The van der Waals surface area contributed by atoms with E-state index in [0.717, 1.165) is 19.1 Å². The van der Waals surface area contributed by atoms with E-state index in [0.29, 0.717) is 0 Å². The number of carbonyl (C=O) groups excluding carboxylic acids is 2. The molecule has 0 heterocycles. The van der Waals surface area contributed by atoms with Crippen LogP contribution in [0.25, 0.3) is 0 Å². The Kier molecular flexibility index (Phi) is 4.35. The van der Waals surface area contributed by atoms with Gasteiger partial charge in [0.05, 0.1) is 6.04 Å². The molecular formula is C17H23NO3. The van der Waals surface area contributed by atoms with Crippen LogP contribution in [0.3, 0.4) is 0 Å². The monoisotopic (exact) mass is 289 g/mol. The molecule has 1 aromatic carbocycles. The number of hydrogen-bond acceptors (Lipinski definition) is 3. The van der Waals surface area contributed by atoms with Crippen LogP contribution in [-0.2, 0) is 22.4 Å². The first-order chi connectivity index (χ1) is 9.81. The normalized spacial score (nSPS) is 16.2. The Balaban J connectivity index is 2.07. The molecule has 1 unspecified atom stereocenters. The maximum atomic E-state index is 12.1. The van der Waals surface area contributed by atoms with Gasteiger partial charge in [0.1, 0.15) is 11.9 Å². The predicted octanol–water partition coefficient (Wildman–Crippen LogP) is 2.84. The van der Waals surface area contributed by atoms with Crippen LogP contribution in [0.15, 0.2) is 24.3 Å². The number of rotatable bonds is 3. The Bertz CT molecular complexity index is 508. The van der Waals surface area contributed by atoms with Gasteiger partial charge >= 0.3 is 6.09 Å². The summed E-state index contributed by atoms with van der Waals surface area (Å²) in [6.07, 6.45) is 2.07. The van der Waals surface area contributed by atoms with Crippen molar-refractivity contribution in [1.29, 1.82) is 0 Å². The number of hydrogen-bond donors (Lipinski definition) is 0. The van der Waals surface area contributed by atoms with Gasteiger partial charge in [-0.15, -0.1) is 0 Å². The lowest BCUT2D eigenvalue weighted by atomic mass is 9.97. The number of benzene rings is 1. The molecule has 0 N–H and O–H groups in total. The van der Waals surface area contributed by atoms with Crippen molar-refractivity contribution in [2.24, 2.45) is 5.92 Å². The highest BCUT2D eigenvalue weighted by Crippen LogP contribution is 2.30.